The third kappa shape index (κ3) is 4.58. The van der Waals surface area contributed by atoms with Crippen molar-refractivity contribution in [2.45, 2.75) is 6.54 Å². The van der Waals surface area contributed by atoms with E-state index in [2.05, 4.69) is 5.32 Å². The smallest absolute Gasteiger partial charge is 0.138 e. The van der Waals surface area contributed by atoms with E-state index in [1.807, 2.05) is 0 Å². The van der Waals surface area contributed by atoms with Crippen LogP contribution in [0.5, 0.6) is 5.75 Å². The number of hydrogen-bond donors (Lipinski definition) is 2. The molecular formula is C15H15ClF2N2O. The molecule has 2 aromatic rings. The molecule has 21 heavy (non-hydrogen) atoms. The Labute approximate surface area is 126 Å². The second-order valence-electron chi connectivity index (χ2n) is 4.45. The van der Waals surface area contributed by atoms with Gasteiger partial charge < -0.3 is 15.8 Å². The van der Waals surface area contributed by atoms with Gasteiger partial charge in [0.25, 0.3) is 0 Å². The maximum absolute atomic E-state index is 13.4. The zero-order chi connectivity index (χ0) is 15.2. The summed E-state index contributed by atoms with van der Waals surface area (Å²) in [5.74, 6) is -0.608. The molecule has 112 valence electrons. The molecule has 0 fully saturated rings. The van der Waals surface area contributed by atoms with Crippen LogP contribution in [0.1, 0.15) is 5.56 Å². The van der Waals surface area contributed by atoms with Gasteiger partial charge in [-0.2, -0.15) is 0 Å². The standard InChI is InChI=1S/C15H15ClF2N2O/c16-13-8-12(19)3-4-15(13)21-6-5-20-9-10-1-2-11(17)7-14(10)18/h1-4,7-8,20H,5-6,9,19H2. The molecule has 2 aromatic carbocycles. The number of nitrogens with one attached hydrogen (secondary N) is 1. The Morgan fingerprint density at radius 1 is 1.14 bits per heavy atom. The molecule has 0 amide bonds. The SMILES string of the molecule is Nc1ccc(OCCNCc2ccc(F)cc2F)c(Cl)c1. The lowest BCUT2D eigenvalue weighted by Crippen LogP contribution is -2.21. The van der Waals surface area contributed by atoms with Crippen molar-refractivity contribution < 1.29 is 13.5 Å². The van der Waals surface area contributed by atoms with Crippen LogP contribution < -0.4 is 15.8 Å². The van der Waals surface area contributed by atoms with Gasteiger partial charge in [-0.1, -0.05) is 17.7 Å². The molecule has 0 heterocycles. The molecule has 0 spiro atoms. The number of hydrogen-bond acceptors (Lipinski definition) is 3. The van der Waals surface area contributed by atoms with Gasteiger partial charge >= 0.3 is 0 Å². The van der Waals surface area contributed by atoms with Gasteiger partial charge in [-0.3, -0.25) is 0 Å². The second-order valence-corrected chi connectivity index (χ2v) is 4.86. The molecular weight excluding hydrogens is 298 g/mol. The van der Waals surface area contributed by atoms with Crippen LogP contribution in [0.3, 0.4) is 0 Å². The van der Waals surface area contributed by atoms with Crippen molar-refractivity contribution in [1.82, 2.24) is 5.32 Å². The lowest BCUT2D eigenvalue weighted by atomic mass is 10.2. The summed E-state index contributed by atoms with van der Waals surface area (Å²) < 4.78 is 31.6. The maximum Gasteiger partial charge on any atom is 0.138 e. The van der Waals surface area contributed by atoms with Crippen molar-refractivity contribution >= 4 is 17.3 Å². The lowest BCUT2D eigenvalue weighted by Gasteiger charge is -2.10. The first-order chi connectivity index (χ1) is 10.1. The predicted octanol–water partition coefficient (Wildman–Crippen LogP) is 3.37. The number of ether oxygens (including phenoxy) is 1. The highest BCUT2D eigenvalue weighted by molar-refractivity contribution is 6.32. The number of halogens is 3. The summed E-state index contributed by atoms with van der Waals surface area (Å²) in [7, 11) is 0. The first kappa shape index (κ1) is 15.5. The summed E-state index contributed by atoms with van der Waals surface area (Å²) in [4.78, 5) is 0. The Hall–Kier alpha value is -1.85. The lowest BCUT2D eigenvalue weighted by molar-refractivity contribution is 0.313. The third-order valence-electron chi connectivity index (χ3n) is 2.82. The molecule has 0 unspecified atom stereocenters. The van der Waals surface area contributed by atoms with E-state index in [0.717, 1.165) is 6.07 Å². The Bertz CT molecular complexity index is 569. The highest BCUT2D eigenvalue weighted by Crippen LogP contribution is 2.26. The highest BCUT2D eigenvalue weighted by Gasteiger charge is 2.04. The van der Waals surface area contributed by atoms with Gasteiger partial charge in [-0.25, -0.2) is 8.78 Å². The zero-order valence-electron chi connectivity index (χ0n) is 11.2. The normalized spacial score (nSPS) is 10.6. The van der Waals surface area contributed by atoms with Crippen LogP contribution in [0.25, 0.3) is 0 Å². The van der Waals surface area contributed by atoms with Crippen LogP contribution in [-0.2, 0) is 6.54 Å². The summed E-state index contributed by atoms with van der Waals surface area (Å²) in [6.45, 7) is 1.16. The third-order valence-corrected chi connectivity index (χ3v) is 3.12. The Balaban J connectivity index is 1.75. The van der Waals surface area contributed by atoms with Crippen molar-refractivity contribution in [3.8, 4) is 5.75 Å². The van der Waals surface area contributed by atoms with E-state index in [9.17, 15) is 8.78 Å². The summed E-state index contributed by atoms with van der Waals surface area (Å²) in [6, 6.07) is 8.50. The van der Waals surface area contributed by atoms with E-state index in [0.29, 0.717) is 41.7 Å². The van der Waals surface area contributed by atoms with Crippen LogP contribution >= 0.6 is 11.6 Å². The van der Waals surface area contributed by atoms with E-state index in [-0.39, 0.29) is 0 Å². The molecule has 0 saturated carbocycles. The minimum atomic E-state index is -0.586. The quantitative estimate of drug-likeness (QED) is 0.635. The van der Waals surface area contributed by atoms with Gasteiger partial charge in [-0.15, -0.1) is 0 Å². The zero-order valence-corrected chi connectivity index (χ0v) is 12.0. The van der Waals surface area contributed by atoms with Crippen LogP contribution in [-0.4, -0.2) is 13.2 Å². The Morgan fingerprint density at radius 2 is 1.95 bits per heavy atom. The topological polar surface area (TPSA) is 47.3 Å². The first-order valence-electron chi connectivity index (χ1n) is 6.39. The average molecular weight is 313 g/mol. The number of rotatable bonds is 6. The molecule has 3 nitrogen and oxygen atoms in total. The minimum absolute atomic E-state index is 0.297. The molecule has 0 saturated heterocycles. The molecule has 2 rings (SSSR count). The van der Waals surface area contributed by atoms with Gasteiger partial charge in [-0.05, 0) is 24.3 Å². The van der Waals surface area contributed by atoms with E-state index in [1.54, 1.807) is 18.2 Å². The van der Waals surface area contributed by atoms with E-state index in [4.69, 9.17) is 22.1 Å². The van der Waals surface area contributed by atoms with E-state index >= 15 is 0 Å². The fourth-order valence-electron chi connectivity index (χ4n) is 1.76. The van der Waals surface area contributed by atoms with Gasteiger partial charge in [0.05, 0.1) is 5.02 Å². The van der Waals surface area contributed by atoms with Crippen LogP contribution in [0, 0.1) is 11.6 Å². The molecule has 0 aliphatic carbocycles. The number of nitrogen functional groups attached to an aromatic ring is 1. The van der Waals surface area contributed by atoms with Gasteiger partial charge in [0.1, 0.15) is 24.0 Å². The molecule has 0 bridgehead atoms. The second kappa shape index (κ2) is 7.24. The highest BCUT2D eigenvalue weighted by atomic mass is 35.5. The number of benzene rings is 2. The largest absolute Gasteiger partial charge is 0.491 e. The monoisotopic (exact) mass is 312 g/mol. The van der Waals surface area contributed by atoms with Crippen molar-refractivity contribution in [2.75, 3.05) is 18.9 Å². The molecule has 0 aliphatic heterocycles. The van der Waals surface area contributed by atoms with Gasteiger partial charge in [0, 0.05) is 30.4 Å². The van der Waals surface area contributed by atoms with Crippen molar-refractivity contribution in [1.29, 1.82) is 0 Å². The number of nitrogens with two attached hydrogens (primary N) is 1. The molecule has 0 aromatic heterocycles. The van der Waals surface area contributed by atoms with Gasteiger partial charge in [0.2, 0.25) is 0 Å². The summed E-state index contributed by atoms with van der Waals surface area (Å²) in [6.07, 6.45) is 0. The predicted molar refractivity (Wildman–Crippen MR) is 79.4 cm³/mol. The van der Waals surface area contributed by atoms with E-state index < -0.39 is 11.6 Å². The fourth-order valence-corrected chi connectivity index (χ4v) is 2.00. The molecule has 0 aliphatic rings. The molecule has 6 heteroatoms. The summed E-state index contributed by atoms with van der Waals surface area (Å²) in [5.41, 5.74) is 6.55. The van der Waals surface area contributed by atoms with Crippen molar-refractivity contribution in [3.63, 3.8) is 0 Å². The summed E-state index contributed by atoms with van der Waals surface area (Å²) in [5, 5.41) is 3.45. The molecule has 0 radical (unpaired) electrons. The van der Waals surface area contributed by atoms with E-state index in [1.165, 1.54) is 12.1 Å². The first-order valence-corrected chi connectivity index (χ1v) is 6.76. The number of anilines is 1. The van der Waals surface area contributed by atoms with Crippen LogP contribution in [0.2, 0.25) is 5.02 Å². The van der Waals surface area contributed by atoms with Crippen molar-refractivity contribution in [2.24, 2.45) is 0 Å². The van der Waals surface area contributed by atoms with Gasteiger partial charge in [0.15, 0.2) is 0 Å². The average Bonchev–Trinajstić information content (AvgIpc) is 2.42. The van der Waals surface area contributed by atoms with Crippen molar-refractivity contribution in [3.05, 3.63) is 58.6 Å². The molecule has 3 N–H and O–H groups in total. The van der Waals surface area contributed by atoms with Crippen LogP contribution in [0.15, 0.2) is 36.4 Å². The van der Waals surface area contributed by atoms with Crippen LogP contribution in [0.4, 0.5) is 14.5 Å². The summed E-state index contributed by atoms with van der Waals surface area (Å²) >= 11 is 5.96. The Kier molecular flexibility index (Phi) is 5.36. The fraction of sp³-hybridized carbons (Fsp3) is 0.200. The Morgan fingerprint density at radius 3 is 2.67 bits per heavy atom. The maximum atomic E-state index is 13.4. The molecule has 0 atom stereocenters. The minimum Gasteiger partial charge on any atom is -0.491 e.